The number of likely N-dealkylation sites (tertiary alicyclic amines) is 1. The first kappa shape index (κ1) is 16.7. The van der Waals surface area contributed by atoms with Crippen LogP contribution in [-0.2, 0) is 0 Å². The Kier molecular flexibility index (Phi) is 8.11. The first-order chi connectivity index (χ1) is 8.58. The monoisotopic (exact) mass is 251 g/mol. The van der Waals surface area contributed by atoms with Gasteiger partial charge in [-0.2, -0.15) is 10.5 Å². The van der Waals surface area contributed by atoms with Crippen LogP contribution in [0.1, 0.15) is 20.3 Å². The molecule has 0 amide bonds. The van der Waals surface area contributed by atoms with Crippen LogP contribution >= 0.6 is 0 Å². The molecule has 1 heterocycles. The van der Waals surface area contributed by atoms with Crippen molar-refractivity contribution >= 4 is 0 Å². The molecule has 102 valence electrons. The van der Waals surface area contributed by atoms with E-state index in [1.807, 2.05) is 35.0 Å². The predicted molar refractivity (Wildman–Crippen MR) is 72.7 cm³/mol. The Morgan fingerprint density at radius 1 is 1.22 bits per heavy atom. The summed E-state index contributed by atoms with van der Waals surface area (Å²) in [5.41, 5.74) is 0. The van der Waals surface area contributed by atoms with Crippen LogP contribution in [-0.4, -0.2) is 67.6 Å². The fourth-order valence-corrected chi connectivity index (χ4v) is 1.96. The SMILES string of the molecule is CC.CN(C)CC(CC#N)N(C)C1CN(C#N)C1. The van der Waals surface area contributed by atoms with Crippen LogP contribution in [0.4, 0.5) is 0 Å². The predicted octanol–water partition coefficient (Wildman–Crippen LogP) is 0.954. The summed E-state index contributed by atoms with van der Waals surface area (Å²) >= 11 is 0. The van der Waals surface area contributed by atoms with Crippen LogP contribution in [0.2, 0.25) is 0 Å². The van der Waals surface area contributed by atoms with Gasteiger partial charge >= 0.3 is 0 Å². The van der Waals surface area contributed by atoms with E-state index >= 15 is 0 Å². The molecule has 0 N–H and O–H groups in total. The van der Waals surface area contributed by atoms with Crippen LogP contribution in [0.25, 0.3) is 0 Å². The van der Waals surface area contributed by atoms with Crippen LogP contribution in [0, 0.1) is 22.8 Å². The number of likely N-dealkylation sites (N-methyl/N-ethyl adjacent to an activating group) is 2. The van der Waals surface area contributed by atoms with E-state index < -0.39 is 0 Å². The Hall–Kier alpha value is -1.30. The van der Waals surface area contributed by atoms with Crippen molar-refractivity contribution in [2.75, 3.05) is 40.8 Å². The van der Waals surface area contributed by atoms with Crippen molar-refractivity contribution in [3.05, 3.63) is 0 Å². The second-order valence-corrected chi connectivity index (χ2v) is 4.60. The third-order valence-corrected chi connectivity index (χ3v) is 3.06. The van der Waals surface area contributed by atoms with E-state index in [1.165, 1.54) is 0 Å². The molecular weight excluding hydrogens is 226 g/mol. The lowest BCUT2D eigenvalue weighted by atomic mass is 10.0. The molecule has 5 heteroatoms. The van der Waals surface area contributed by atoms with Gasteiger partial charge in [-0.25, -0.2) is 0 Å². The van der Waals surface area contributed by atoms with Gasteiger partial charge in [0.05, 0.1) is 12.5 Å². The highest BCUT2D eigenvalue weighted by Crippen LogP contribution is 2.16. The highest BCUT2D eigenvalue weighted by atomic mass is 15.3. The van der Waals surface area contributed by atoms with Crippen LogP contribution in [0.3, 0.4) is 0 Å². The summed E-state index contributed by atoms with van der Waals surface area (Å²) in [6, 6.07) is 2.91. The molecule has 1 saturated heterocycles. The second-order valence-electron chi connectivity index (χ2n) is 4.60. The minimum Gasteiger partial charge on any atom is -0.308 e. The lowest BCUT2D eigenvalue weighted by Gasteiger charge is -2.44. The Bertz CT molecular complexity index is 295. The Balaban J connectivity index is 0.00000137. The lowest BCUT2D eigenvalue weighted by Crippen LogP contribution is -2.60. The van der Waals surface area contributed by atoms with E-state index in [0.717, 1.165) is 19.6 Å². The van der Waals surface area contributed by atoms with Gasteiger partial charge in [-0.3, -0.25) is 4.90 Å². The first-order valence-electron chi connectivity index (χ1n) is 6.46. The molecule has 0 bridgehead atoms. The average Bonchev–Trinajstić information content (AvgIpc) is 2.29. The minimum absolute atomic E-state index is 0.255. The summed E-state index contributed by atoms with van der Waals surface area (Å²) in [7, 11) is 6.08. The highest BCUT2D eigenvalue weighted by Gasteiger charge is 2.32. The molecule has 1 unspecified atom stereocenters. The number of rotatable bonds is 5. The van der Waals surface area contributed by atoms with Crippen molar-refractivity contribution in [2.45, 2.75) is 32.4 Å². The highest BCUT2D eigenvalue weighted by molar-refractivity contribution is 4.97. The Labute approximate surface area is 111 Å². The number of hydrogen-bond donors (Lipinski definition) is 0. The maximum Gasteiger partial charge on any atom is 0.179 e. The van der Waals surface area contributed by atoms with Crippen LogP contribution < -0.4 is 0 Å². The largest absolute Gasteiger partial charge is 0.308 e. The molecule has 0 aliphatic carbocycles. The average molecular weight is 251 g/mol. The van der Waals surface area contributed by atoms with E-state index in [-0.39, 0.29) is 6.04 Å². The third kappa shape index (κ3) is 4.91. The molecule has 0 aromatic rings. The zero-order valence-corrected chi connectivity index (χ0v) is 12.2. The van der Waals surface area contributed by atoms with E-state index in [2.05, 4.69) is 22.1 Å². The van der Waals surface area contributed by atoms with Crippen molar-refractivity contribution in [1.29, 1.82) is 10.5 Å². The molecule has 0 spiro atoms. The van der Waals surface area contributed by atoms with Gasteiger partial charge in [-0.1, -0.05) is 13.8 Å². The maximum absolute atomic E-state index is 8.81. The van der Waals surface area contributed by atoms with Crippen molar-refractivity contribution in [1.82, 2.24) is 14.7 Å². The van der Waals surface area contributed by atoms with Gasteiger partial charge < -0.3 is 9.80 Å². The van der Waals surface area contributed by atoms with E-state index in [0.29, 0.717) is 12.5 Å². The molecule has 0 radical (unpaired) electrons. The Morgan fingerprint density at radius 2 is 1.78 bits per heavy atom. The zero-order valence-electron chi connectivity index (χ0n) is 12.2. The van der Waals surface area contributed by atoms with E-state index in [4.69, 9.17) is 10.5 Å². The van der Waals surface area contributed by atoms with Crippen molar-refractivity contribution in [3.63, 3.8) is 0 Å². The van der Waals surface area contributed by atoms with Gasteiger partial charge in [-0.15, -0.1) is 0 Å². The van der Waals surface area contributed by atoms with Crippen molar-refractivity contribution < 1.29 is 0 Å². The fourth-order valence-electron chi connectivity index (χ4n) is 1.96. The number of nitrogens with zero attached hydrogens (tertiary/aromatic N) is 5. The van der Waals surface area contributed by atoms with Gasteiger partial charge in [0.2, 0.25) is 0 Å². The summed E-state index contributed by atoms with van der Waals surface area (Å²) < 4.78 is 0. The van der Waals surface area contributed by atoms with Gasteiger partial charge in [-0.05, 0) is 21.1 Å². The molecule has 1 rings (SSSR count). The second kappa shape index (κ2) is 8.74. The summed E-state index contributed by atoms with van der Waals surface area (Å²) in [6.45, 7) is 6.47. The summed E-state index contributed by atoms with van der Waals surface area (Å²) in [5, 5.41) is 17.5. The molecule has 1 atom stereocenters. The van der Waals surface area contributed by atoms with Gasteiger partial charge in [0.15, 0.2) is 6.19 Å². The standard InChI is InChI=1S/C11H19N5.C2H6/c1-14(2)6-10(4-5-12)15(3)11-7-16(8-11)9-13;1-2/h10-11H,4,6-8H2,1-3H3;1-2H3. The van der Waals surface area contributed by atoms with Crippen molar-refractivity contribution in [2.24, 2.45) is 0 Å². The molecule has 0 saturated carbocycles. The molecule has 0 aromatic carbocycles. The quantitative estimate of drug-likeness (QED) is 0.681. The number of nitriles is 2. The smallest absolute Gasteiger partial charge is 0.179 e. The van der Waals surface area contributed by atoms with Crippen LogP contribution in [0.15, 0.2) is 0 Å². The molecule has 0 aromatic heterocycles. The fraction of sp³-hybridized carbons (Fsp3) is 0.846. The summed E-state index contributed by atoms with van der Waals surface area (Å²) in [4.78, 5) is 6.07. The molecule has 1 aliphatic rings. The topological polar surface area (TPSA) is 57.3 Å². The number of hydrogen-bond acceptors (Lipinski definition) is 5. The van der Waals surface area contributed by atoms with Gasteiger partial charge in [0.1, 0.15) is 0 Å². The summed E-state index contributed by atoms with van der Waals surface area (Å²) in [6.07, 6.45) is 2.67. The van der Waals surface area contributed by atoms with E-state index in [1.54, 1.807) is 4.90 Å². The van der Waals surface area contributed by atoms with Crippen LogP contribution in [0.5, 0.6) is 0 Å². The maximum atomic E-state index is 8.81. The normalized spacial score (nSPS) is 16.4. The summed E-state index contributed by atoms with van der Waals surface area (Å²) in [5.74, 6) is 0. The first-order valence-corrected chi connectivity index (χ1v) is 6.46. The van der Waals surface area contributed by atoms with Gasteiger partial charge in [0.25, 0.3) is 0 Å². The molecule has 1 aliphatic heterocycles. The van der Waals surface area contributed by atoms with Crippen molar-refractivity contribution in [3.8, 4) is 12.3 Å². The molecular formula is C13H25N5. The zero-order chi connectivity index (χ0) is 14.1. The molecule has 1 fully saturated rings. The lowest BCUT2D eigenvalue weighted by molar-refractivity contribution is 0.0520. The third-order valence-electron chi connectivity index (χ3n) is 3.06. The molecule has 18 heavy (non-hydrogen) atoms. The minimum atomic E-state index is 0.255. The van der Waals surface area contributed by atoms with E-state index in [9.17, 15) is 0 Å². The molecule has 5 nitrogen and oxygen atoms in total. The van der Waals surface area contributed by atoms with Gasteiger partial charge in [0, 0.05) is 31.7 Å². The Morgan fingerprint density at radius 3 is 2.17 bits per heavy atom.